The first-order chi connectivity index (χ1) is 10.8. The topological polar surface area (TPSA) is 45.0 Å². The van der Waals surface area contributed by atoms with Crippen molar-refractivity contribution in [1.29, 1.82) is 0 Å². The van der Waals surface area contributed by atoms with Gasteiger partial charge in [-0.15, -0.1) is 0 Å². The molecule has 3 nitrogen and oxygen atoms in total. The number of hydrogen-bond donors (Lipinski definition) is 2. The van der Waals surface area contributed by atoms with Gasteiger partial charge in [-0.25, -0.2) is 0 Å². The number of benzene rings is 1. The lowest BCUT2D eigenvalue weighted by Crippen LogP contribution is -2.50. The molecule has 1 aliphatic carbocycles. The summed E-state index contributed by atoms with van der Waals surface area (Å²) in [6, 6.07) is 7.48. The van der Waals surface area contributed by atoms with Gasteiger partial charge in [0.1, 0.15) is 0 Å². The van der Waals surface area contributed by atoms with E-state index in [9.17, 15) is 0 Å². The molecule has 0 amide bonds. The minimum absolute atomic E-state index is 0.683. The Balaban J connectivity index is 1.75. The van der Waals surface area contributed by atoms with Crippen molar-refractivity contribution in [1.82, 2.24) is 9.88 Å². The zero-order chi connectivity index (χ0) is 15.1. The molecule has 3 heteroatoms. The molecule has 2 aliphatic rings. The van der Waals surface area contributed by atoms with Gasteiger partial charge in [-0.2, -0.15) is 0 Å². The molecule has 3 atom stereocenters. The van der Waals surface area contributed by atoms with E-state index in [0.29, 0.717) is 12.0 Å². The summed E-state index contributed by atoms with van der Waals surface area (Å²) >= 11 is 0. The van der Waals surface area contributed by atoms with Gasteiger partial charge < -0.3 is 10.7 Å². The number of nitrogens with zero attached hydrogens (tertiary/aromatic N) is 1. The van der Waals surface area contributed by atoms with Crippen molar-refractivity contribution in [2.75, 3.05) is 19.6 Å². The molecule has 1 aromatic heterocycles. The standard InChI is InChI=1S/C19H27N3/c1-2-8-22-12-13(6-7-20)9-16-15-4-3-5-17-19(15)14(11-21-17)10-18(16)22/h3-5,11,13,16,18,21H,2,6-10,12,20H2,1H3/t13-,16-,18-/m1/s1. The summed E-state index contributed by atoms with van der Waals surface area (Å²) in [4.78, 5) is 6.23. The molecule has 3 N–H and O–H groups in total. The Labute approximate surface area is 132 Å². The molecule has 1 aromatic carbocycles. The molecule has 22 heavy (non-hydrogen) atoms. The van der Waals surface area contributed by atoms with Gasteiger partial charge in [0.25, 0.3) is 0 Å². The highest BCUT2D eigenvalue weighted by molar-refractivity contribution is 5.88. The number of fused-ring (bicyclic) bond motifs is 2. The van der Waals surface area contributed by atoms with Crippen LogP contribution in [0.15, 0.2) is 24.4 Å². The lowest BCUT2D eigenvalue weighted by Gasteiger charge is -2.47. The molecule has 118 valence electrons. The summed E-state index contributed by atoms with van der Waals surface area (Å²) in [5, 5.41) is 1.51. The van der Waals surface area contributed by atoms with E-state index in [0.717, 1.165) is 12.5 Å². The number of rotatable bonds is 4. The molecular formula is C19H27N3. The normalized spacial score (nSPS) is 28.0. The molecule has 1 fully saturated rings. The quantitative estimate of drug-likeness (QED) is 0.910. The van der Waals surface area contributed by atoms with Gasteiger partial charge >= 0.3 is 0 Å². The van der Waals surface area contributed by atoms with Gasteiger partial charge in [0.05, 0.1) is 0 Å². The van der Waals surface area contributed by atoms with E-state index < -0.39 is 0 Å². The van der Waals surface area contributed by atoms with Gasteiger partial charge in [-0.1, -0.05) is 19.1 Å². The summed E-state index contributed by atoms with van der Waals surface area (Å²) in [6.45, 7) is 5.58. The Hall–Kier alpha value is -1.32. The molecule has 0 unspecified atom stereocenters. The minimum atomic E-state index is 0.683. The fraction of sp³-hybridized carbons (Fsp3) is 0.579. The Morgan fingerprint density at radius 1 is 1.36 bits per heavy atom. The van der Waals surface area contributed by atoms with E-state index in [1.807, 2.05) is 0 Å². The highest BCUT2D eigenvalue weighted by atomic mass is 15.2. The van der Waals surface area contributed by atoms with Crippen LogP contribution in [-0.2, 0) is 6.42 Å². The Morgan fingerprint density at radius 2 is 2.27 bits per heavy atom. The van der Waals surface area contributed by atoms with Gasteiger partial charge in [-0.3, -0.25) is 4.90 Å². The van der Waals surface area contributed by atoms with Crippen LogP contribution in [-0.4, -0.2) is 35.6 Å². The number of hydrogen-bond acceptors (Lipinski definition) is 2. The summed E-state index contributed by atoms with van der Waals surface area (Å²) in [5.74, 6) is 1.44. The number of nitrogens with two attached hydrogens (primary N) is 1. The third-order valence-corrected chi connectivity index (χ3v) is 5.75. The van der Waals surface area contributed by atoms with Gasteiger partial charge in [0.2, 0.25) is 0 Å². The van der Waals surface area contributed by atoms with Crippen molar-refractivity contribution in [2.45, 2.75) is 44.6 Å². The van der Waals surface area contributed by atoms with Crippen LogP contribution < -0.4 is 5.73 Å². The smallest absolute Gasteiger partial charge is 0.0459 e. The minimum Gasteiger partial charge on any atom is -0.361 e. The SMILES string of the molecule is CCCN1C[C@H](CCN)C[C@@H]2c3cccc4[nH]cc(c34)C[C@H]21. The maximum atomic E-state index is 5.86. The lowest BCUT2D eigenvalue weighted by atomic mass is 9.71. The zero-order valence-electron chi connectivity index (χ0n) is 13.5. The average Bonchev–Trinajstić information content (AvgIpc) is 2.94. The van der Waals surface area contributed by atoms with E-state index in [1.165, 1.54) is 55.2 Å². The third kappa shape index (κ3) is 2.19. The molecule has 2 aromatic rings. The average molecular weight is 297 g/mol. The Kier molecular flexibility index (Phi) is 3.71. The second kappa shape index (κ2) is 5.71. The molecule has 0 radical (unpaired) electrons. The van der Waals surface area contributed by atoms with Crippen LogP contribution >= 0.6 is 0 Å². The summed E-state index contributed by atoms with van der Waals surface area (Å²) in [5.41, 5.74) is 10.3. The van der Waals surface area contributed by atoms with E-state index in [1.54, 1.807) is 5.56 Å². The van der Waals surface area contributed by atoms with E-state index in [2.05, 4.69) is 41.2 Å². The molecule has 2 heterocycles. The largest absolute Gasteiger partial charge is 0.361 e. The van der Waals surface area contributed by atoms with E-state index >= 15 is 0 Å². The molecule has 4 rings (SSSR count). The molecule has 0 saturated carbocycles. The lowest BCUT2D eigenvalue weighted by molar-refractivity contribution is 0.0821. The first-order valence-corrected chi connectivity index (χ1v) is 8.84. The predicted molar refractivity (Wildman–Crippen MR) is 92.2 cm³/mol. The predicted octanol–water partition coefficient (Wildman–Crippen LogP) is 3.26. The molecule has 1 aliphatic heterocycles. The maximum Gasteiger partial charge on any atom is 0.0459 e. The molecular weight excluding hydrogens is 270 g/mol. The fourth-order valence-electron chi connectivity index (χ4n) is 4.89. The monoisotopic (exact) mass is 297 g/mol. The number of likely N-dealkylation sites (tertiary alicyclic amines) is 1. The van der Waals surface area contributed by atoms with Crippen LogP contribution in [0.1, 0.15) is 43.2 Å². The van der Waals surface area contributed by atoms with Crippen LogP contribution in [0.5, 0.6) is 0 Å². The van der Waals surface area contributed by atoms with Crippen molar-refractivity contribution in [3.8, 4) is 0 Å². The molecule has 0 spiro atoms. The number of piperidine rings is 1. The first-order valence-electron chi connectivity index (χ1n) is 8.84. The molecule has 0 bridgehead atoms. The Bertz CT molecular complexity index is 660. The second-order valence-corrected chi connectivity index (χ2v) is 7.14. The number of nitrogens with one attached hydrogen (secondary N) is 1. The van der Waals surface area contributed by atoms with Crippen LogP contribution in [0.3, 0.4) is 0 Å². The summed E-state index contributed by atoms with van der Waals surface area (Å²) in [6.07, 6.45) is 7.16. The fourth-order valence-corrected chi connectivity index (χ4v) is 4.89. The summed E-state index contributed by atoms with van der Waals surface area (Å²) in [7, 11) is 0. The molecule has 1 saturated heterocycles. The number of aromatic amines is 1. The van der Waals surface area contributed by atoms with Crippen molar-refractivity contribution in [2.24, 2.45) is 11.7 Å². The maximum absolute atomic E-state index is 5.86. The van der Waals surface area contributed by atoms with E-state index in [4.69, 9.17) is 5.73 Å². The van der Waals surface area contributed by atoms with Crippen LogP contribution in [0, 0.1) is 5.92 Å². The highest BCUT2D eigenvalue weighted by Crippen LogP contribution is 2.45. The van der Waals surface area contributed by atoms with Crippen LogP contribution in [0.2, 0.25) is 0 Å². The van der Waals surface area contributed by atoms with Crippen molar-refractivity contribution < 1.29 is 0 Å². The first kappa shape index (κ1) is 14.3. The number of aromatic nitrogens is 1. The van der Waals surface area contributed by atoms with Crippen LogP contribution in [0.25, 0.3) is 10.9 Å². The van der Waals surface area contributed by atoms with Crippen molar-refractivity contribution in [3.05, 3.63) is 35.5 Å². The van der Waals surface area contributed by atoms with Crippen molar-refractivity contribution >= 4 is 10.9 Å². The Morgan fingerprint density at radius 3 is 3.09 bits per heavy atom. The van der Waals surface area contributed by atoms with Gasteiger partial charge in [0.15, 0.2) is 0 Å². The van der Waals surface area contributed by atoms with Gasteiger partial charge in [-0.05, 0) is 61.9 Å². The number of H-pyrrole nitrogens is 1. The van der Waals surface area contributed by atoms with Crippen LogP contribution in [0.4, 0.5) is 0 Å². The zero-order valence-corrected chi connectivity index (χ0v) is 13.5. The van der Waals surface area contributed by atoms with E-state index in [-0.39, 0.29) is 0 Å². The van der Waals surface area contributed by atoms with Crippen molar-refractivity contribution in [3.63, 3.8) is 0 Å². The summed E-state index contributed by atoms with van der Waals surface area (Å²) < 4.78 is 0. The van der Waals surface area contributed by atoms with Gasteiger partial charge in [0, 0.05) is 35.6 Å². The third-order valence-electron chi connectivity index (χ3n) is 5.75. The second-order valence-electron chi connectivity index (χ2n) is 7.14. The highest BCUT2D eigenvalue weighted by Gasteiger charge is 2.40.